The lowest BCUT2D eigenvalue weighted by atomic mass is 10.1. The van der Waals surface area contributed by atoms with Crippen LogP contribution in [0.5, 0.6) is 0 Å². The first-order valence-corrected chi connectivity index (χ1v) is 5.14. The van der Waals surface area contributed by atoms with Gasteiger partial charge in [-0.15, -0.1) is 0 Å². The summed E-state index contributed by atoms with van der Waals surface area (Å²) < 4.78 is 0. The Hall–Kier alpha value is -0.570. The van der Waals surface area contributed by atoms with Crippen LogP contribution in [0.2, 0.25) is 5.02 Å². The molecule has 1 aromatic carbocycles. The normalized spacial score (nSPS) is 15.1. The van der Waals surface area contributed by atoms with Gasteiger partial charge in [0.2, 0.25) is 0 Å². The van der Waals surface area contributed by atoms with Gasteiger partial charge < -0.3 is 10.4 Å². The van der Waals surface area contributed by atoms with E-state index in [0.717, 1.165) is 10.6 Å². The second kappa shape index (κ2) is 5.35. The Bertz CT molecular complexity index is 288. The van der Waals surface area contributed by atoms with Crippen LogP contribution in [0.25, 0.3) is 0 Å². The molecule has 0 fully saturated rings. The molecule has 0 radical (unpaired) electrons. The minimum atomic E-state index is -0.323. The van der Waals surface area contributed by atoms with Gasteiger partial charge in [0, 0.05) is 17.6 Å². The first-order valence-electron chi connectivity index (χ1n) is 4.76. The Morgan fingerprint density at radius 2 is 2.14 bits per heavy atom. The van der Waals surface area contributed by atoms with Gasteiger partial charge in [-0.25, -0.2) is 0 Å². The van der Waals surface area contributed by atoms with Crippen LogP contribution in [-0.4, -0.2) is 17.8 Å². The third kappa shape index (κ3) is 3.66. The molecule has 1 aromatic rings. The van der Waals surface area contributed by atoms with Crippen molar-refractivity contribution >= 4 is 11.6 Å². The molecule has 2 unspecified atom stereocenters. The number of hydrogen-bond donors (Lipinski definition) is 2. The largest absolute Gasteiger partial charge is 0.392 e. The topological polar surface area (TPSA) is 32.3 Å². The van der Waals surface area contributed by atoms with Gasteiger partial charge in [-0.2, -0.15) is 0 Å². The zero-order valence-corrected chi connectivity index (χ0v) is 9.25. The van der Waals surface area contributed by atoms with Gasteiger partial charge in [-0.3, -0.25) is 0 Å². The van der Waals surface area contributed by atoms with E-state index in [-0.39, 0.29) is 12.1 Å². The summed E-state index contributed by atoms with van der Waals surface area (Å²) in [6, 6.07) is 7.95. The first kappa shape index (κ1) is 11.5. The Morgan fingerprint density at radius 1 is 1.43 bits per heavy atom. The fourth-order valence-corrected chi connectivity index (χ4v) is 1.44. The lowest BCUT2D eigenvalue weighted by molar-refractivity contribution is 0.187. The van der Waals surface area contributed by atoms with Crippen molar-refractivity contribution in [1.29, 1.82) is 0 Å². The van der Waals surface area contributed by atoms with Crippen molar-refractivity contribution in [2.45, 2.75) is 26.0 Å². The summed E-state index contributed by atoms with van der Waals surface area (Å²) in [5.74, 6) is 0. The van der Waals surface area contributed by atoms with E-state index >= 15 is 0 Å². The molecule has 3 heteroatoms. The van der Waals surface area contributed by atoms with Crippen LogP contribution in [0.4, 0.5) is 0 Å². The number of aliphatic hydroxyl groups is 1. The fourth-order valence-electron chi connectivity index (χ4n) is 1.24. The molecule has 0 aromatic heterocycles. The van der Waals surface area contributed by atoms with Crippen LogP contribution < -0.4 is 5.32 Å². The van der Waals surface area contributed by atoms with E-state index in [9.17, 15) is 0 Å². The van der Waals surface area contributed by atoms with Crippen LogP contribution in [-0.2, 0) is 0 Å². The molecule has 78 valence electrons. The van der Waals surface area contributed by atoms with Crippen LogP contribution in [0.3, 0.4) is 0 Å². The highest BCUT2D eigenvalue weighted by Crippen LogP contribution is 2.16. The second-order valence-corrected chi connectivity index (χ2v) is 3.97. The molecule has 2 atom stereocenters. The molecule has 0 aliphatic heterocycles. The van der Waals surface area contributed by atoms with Crippen LogP contribution in [0.1, 0.15) is 25.5 Å². The minimum absolute atomic E-state index is 0.211. The van der Waals surface area contributed by atoms with E-state index in [1.54, 1.807) is 6.92 Å². The summed E-state index contributed by atoms with van der Waals surface area (Å²) in [6.45, 7) is 4.40. The molecule has 0 bridgehead atoms. The minimum Gasteiger partial charge on any atom is -0.392 e. The predicted molar refractivity (Wildman–Crippen MR) is 59.6 cm³/mol. The predicted octanol–water partition coefficient (Wildman–Crippen LogP) is 2.37. The molecule has 0 aliphatic carbocycles. The molecule has 0 aliphatic rings. The fraction of sp³-hybridized carbons (Fsp3) is 0.455. The molecule has 2 N–H and O–H groups in total. The average Bonchev–Trinajstić information content (AvgIpc) is 2.14. The first-order chi connectivity index (χ1) is 6.59. The van der Waals surface area contributed by atoms with E-state index in [4.69, 9.17) is 16.7 Å². The van der Waals surface area contributed by atoms with Crippen LogP contribution in [0, 0.1) is 0 Å². The molecule has 2 nitrogen and oxygen atoms in total. The van der Waals surface area contributed by atoms with Crippen molar-refractivity contribution in [2.75, 3.05) is 6.54 Å². The van der Waals surface area contributed by atoms with Crippen molar-refractivity contribution in [1.82, 2.24) is 5.32 Å². The Morgan fingerprint density at radius 3 is 2.71 bits per heavy atom. The molecule has 0 saturated heterocycles. The summed E-state index contributed by atoms with van der Waals surface area (Å²) in [5.41, 5.74) is 1.14. The summed E-state index contributed by atoms with van der Waals surface area (Å²) in [7, 11) is 0. The Balaban J connectivity index is 2.56. The molecular formula is C11H16ClNO. The highest BCUT2D eigenvalue weighted by atomic mass is 35.5. The lowest BCUT2D eigenvalue weighted by Gasteiger charge is -2.15. The van der Waals surface area contributed by atoms with E-state index < -0.39 is 0 Å². The highest BCUT2D eigenvalue weighted by Gasteiger charge is 2.05. The molecule has 1 rings (SSSR count). The third-order valence-corrected chi connectivity index (χ3v) is 2.30. The number of rotatable bonds is 4. The highest BCUT2D eigenvalue weighted by molar-refractivity contribution is 6.30. The van der Waals surface area contributed by atoms with Gasteiger partial charge in [0.25, 0.3) is 0 Å². The van der Waals surface area contributed by atoms with Crippen LogP contribution in [0.15, 0.2) is 24.3 Å². The number of aliphatic hydroxyl groups excluding tert-OH is 1. The molecule has 14 heavy (non-hydrogen) atoms. The van der Waals surface area contributed by atoms with Gasteiger partial charge in [0.1, 0.15) is 0 Å². The van der Waals surface area contributed by atoms with Crippen molar-refractivity contribution in [3.05, 3.63) is 34.9 Å². The monoisotopic (exact) mass is 213 g/mol. The second-order valence-electron chi connectivity index (χ2n) is 3.53. The quantitative estimate of drug-likeness (QED) is 0.805. The van der Waals surface area contributed by atoms with Crippen molar-refractivity contribution in [2.24, 2.45) is 0 Å². The average molecular weight is 214 g/mol. The van der Waals surface area contributed by atoms with E-state index in [0.29, 0.717) is 6.54 Å². The van der Waals surface area contributed by atoms with E-state index in [1.807, 2.05) is 31.2 Å². The maximum Gasteiger partial charge on any atom is 0.0636 e. The van der Waals surface area contributed by atoms with Gasteiger partial charge in [0.15, 0.2) is 0 Å². The molecular weight excluding hydrogens is 198 g/mol. The number of hydrogen-bond acceptors (Lipinski definition) is 2. The third-order valence-electron chi connectivity index (χ3n) is 2.07. The molecule has 0 heterocycles. The standard InChI is InChI=1S/C11H16ClNO/c1-8(14)7-13-9(2)10-4-3-5-11(12)6-10/h3-6,8-9,13-14H,7H2,1-2H3. The van der Waals surface area contributed by atoms with Gasteiger partial charge in [-0.1, -0.05) is 23.7 Å². The summed E-state index contributed by atoms with van der Waals surface area (Å²) in [4.78, 5) is 0. The van der Waals surface area contributed by atoms with Gasteiger partial charge in [-0.05, 0) is 31.5 Å². The maximum absolute atomic E-state index is 9.11. The van der Waals surface area contributed by atoms with Gasteiger partial charge in [0.05, 0.1) is 6.10 Å². The number of benzene rings is 1. The number of nitrogens with one attached hydrogen (secondary N) is 1. The Labute approximate surface area is 89.9 Å². The smallest absolute Gasteiger partial charge is 0.0636 e. The van der Waals surface area contributed by atoms with Gasteiger partial charge >= 0.3 is 0 Å². The summed E-state index contributed by atoms with van der Waals surface area (Å²) >= 11 is 5.87. The lowest BCUT2D eigenvalue weighted by Crippen LogP contribution is -2.27. The Kier molecular flexibility index (Phi) is 4.39. The number of halogens is 1. The SMILES string of the molecule is CC(O)CNC(C)c1cccc(Cl)c1. The van der Waals surface area contributed by atoms with Crippen molar-refractivity contribution in [3.63, 3.8) is 0 Å². The molecule has 0 spiro atoms. The summed E-state index contributed by atoms with van der Waals surface area (Å²) in [5, 5.41) is 13.1. The summed E-state index contributed by atoms with van der Waals surface area (Å²) in [6.07, 6.45) is -0.323. The molecule has 0 saturated carbocycles. The van der Waals surface area contributed by atoms with Crippen molar-refractivity contribution in [3.8, 4) is 0 Å². The zero-order valence-electron chi connectivity index (χ0n) is 8.50. The maximum atomic E-state index is 9.11. The molecule has 0 amide bonds. The van der Waals surface area contributed by atoms with E-state index in [2.05, 4.69) is 5.32 Å². The van der Waals surface area contributed by atoms with Crippen molar-refractivity contribution < 1.29 is 5.11 Å². The van der Waals surface area contributed by atoms with Crippen LogP contribution >= 0.6 is 11.6 Å². The van der Waals surface area contributed by atoms with E-state index in [1.165, 1.54) is 0 Å². The zero-order chi connectivity index (χ0) is 10.6.